The fourth-order valence-corrected chi connectivity index (χ4v) is 5.11. The van der Waals surface area contributed by atoms with E-state index in [2.05, 4.69) is 5.32 Å². The van der Waals surface area contributed by atoms with Gasteiger partial charge in [-0.2, -0.15) is 4.39 Å². The van der Waals surface area contributed by atoms with E-state index in [0.717, 1.165) is 17.2 Å². The van der Waals surface area contributed by atoms with Gasteiger partial charge in [-0.3, -0.25) is 9.59 Å². The van der Waals surface area contributed by atoms with E-state index in [9.17, 15) is 32.7 Å². The number of nitrogens with two attached hydrogens (primary N) is 1. The third-order valence-electron chi connectivity index (χ3n) is 6.96. The van der Waals surface area contributed by atoms with Crippen molar-refractivity contribution in [2.75, 3.05) is 19.7 Å². The molecule has 2 bridgehead atoms. The first kappa shape index (κ1) is 28.2. The standard InChI is InChI=1S/C28H30F3N3O5/c29-20-10-11-21(30)27(26(20)31)39-12-2-3-16-6-8-17(9-7-16)19-13-18-14-34(24(36)5-1-4-23(32)35)15-22(33-18)25(19)28(37)38/h6-11,18,22,33H,1-5,12-15H2,(H2,32,35)(H,37,38)/t18-,22-/m1/s1. The Balaban J connectivity index is 1.38. The second-order valence-corrected chi connectivity index (χ2v) is 9.76. The number of hydrogen-bond donors (Lipinski definition) is 3. The molecule has 1 saturated heterocycles. The van der Waals surface area contributed by atoms with Crippen molar-refractivity contribution in [3.63, 3.8) is 0 Å². The van der Waals surface area contributed by atoms with Gasteiger partial charge in [-0.15, -0.1) is 0 Å². The molecule has 4 N–H and O–H groups in total. The van der Waals surface area contributed by atoms with Crippen LogP contribution in [0.1, 0.15) is 43.2 Å². The molecule has 2 aromatic carbocycles. The summed E-state index contributed by atoms with van der Waals surface area (Å²) in [5, 5.41) is 13.3. The number of primary amides is 1. The Morgan fingerprint density at radius 2 is 1.72 bits per heavy atom. The van der Waals surface area contributed by atoms with Gasteiger partial charge < -0.3 is 25.8 Å². The summed E-state index contributed by atoms with van der Waals surface area (Å²) in [6, 6.07) is 8.28. The van der Waals surface area contributed by atoms with Crippen LogP contribution in [0.2, 0.25) is 0 Å². The van der Waals surface area contributed by atoms with E-state index in [1.807, 2.05) is 24.3 Å². The maximum absolute atomic E-state index is 13.7. The van der Waals surface area contributed by atoms with Gasteiger partial charge in [0.2, 0.25) is 17.6 Å². The Hall–Kier alpha value is -3.86. The highest BCUT2D eigenvalue weighted by molar-refractivity contribution is 5.98. The van der Waals surface area contributed by atoms with Gasteiger partial charge in [-0.25, -0.2) is 13.6 Å². The van der Waals surface area contributed by atoms with Crippen LogP contribution in [0.3, 0.4) is 0 Å². The lowest BCUT2D eigenvalue weighted by Crippen LogP contribution is -2.61. The van der Waals surface area contributed by atoms with Gasteiger partial charge in [0, 0.05) is 32.0 Å². The number of carbonyl (C=O) groups excluding carboxylic acids is 2. The molecule has 0 unspecified atom stereocenters. The number of fused-ring (bicyclic) bond motifs is 2. The number of amides is 2. The molecule has 0 saturated carbocycles. The summed E-state index contributed by atoms with van der Waals surface area (Å²) in [6.45, 7) is 0.647. The number of ether oxygens (including phenoxy) is 1. The van der Waals surface area contributed by atoms with Gasteiger partial charge in [-0.1, -0.05) is 24.3 Å². The molecular formula is C28H30F3N3O5. The van der Waals surface area contributed by atoms with E-state index in [1.165, 1.54) is 0 Å². The molecule has 4 rings (SSSR count). The number of carbonyl (C=O) groups is 3. The van der Waals surface area contributed by atoms with Crippen LogP contribution in [0.25, 0.3) is 5.57 Å². The van der Waals surface area contributed by atoms with Crippen LogP contribution in [0.5, 0.6) is 5.75 Å². The average Bonchev–Trinajstić information content (AvgIpc) is 2.89. The minimum Gasteiger partial charge on any atom is -0.488 e. The first-order chi connectivity index (χ1) is 18.6. The molecule has 208 valence electrons. The van der Waals surface area contributed by atoms with Crippen LogP contribution < -0.4 is 15.8 Å². The molecule has 1 fully saturated rings. The molecule has 0 spiro atoms. The second-order valence-electron chi connectivity index (χ2n) is 9.76. The number of piperazine rings is 1. The van der Waals surface area contributed by atoms with Crippen LogP contribution in [-0.2, 0) is 20.8 Å². The zero-order valence-corrected chi connectivity index (χ0v) is 21.2. The van der Waals surface area contributed by atoms with Gasteiger partial charge in [0.1, 0.15) is 0 Å². The molecule has 2 heterocycles. The van der Waals surface area contributed by atoms with Gasteiger partial charge >= 0.3 is 5.97 Å². The summed E-state index contributed by atoms with van der Waals surface area (Å²) < 4.78 is 45.8. The minimum absolute atomic E-state index is 0.0138. The van der Waals surface area contributed by atoms with Gasteiger partial charge in [-0.05, 0) is 54.5 Å². The van der Waals surface area contributed by atoms with Gasteiger partial charge in [0.25, 0.3) is 0 Å². The van der Waals surface area contributed by atoms with Crippen molar-refractivity contribution in [3.05, 3.63) is 70.5 Å². The molecule has 2 aliphatic rings. The van der Waals surface area contributed by atoms with Gasteiger partial charge in [0.15, 0.2) is 17.4 Å². The molecule has 2 aliphatic heterocycles. The normalized spacial score (nSPS) is 18.7. The SMILES string of the molecule is NC(=O)CCCC(=O)N1C[C@H]2CC(c3ccc(CCCOc4c(F)ccc(F)c4F)cc3)=C(C(=O)O)[C@@H](C1)N2. The molecule has 0 aliphatic carbocycles. The van der Waals surface area contributed by atoms with Crippen molar-refractivity contribution in [2.24, 2.45) is 5.73 Å². The zero-order chi connectivity index (χ0) is 28.1. The lowest BCUT2D eigenvalue weighted by Gasteiger charge is -2.43. The highest BCUT2D eigenvalue weighted by Gasteiger charge is 2.39. The third kappa shape index (κ3) is 6.78. The molecule has 2 amide bonds. The number of benzene rings is 2. The summed E-state index contributed by atoms with van der Waals surface area (Å²) in [6.07, 6.45) is 2.05. The maximum Gasteiger partial charge on any atom is 0.333 e. The monoisotopic (exact) mass is 545 g/mol. The minimum atomic E-state index is -1.36. The topological polar surface area (TPSA) is 122 Å². The lowest BCUT2D eigenvalue weighted by molar-refractivity contribution is -0.136. The smallest absolute Gasteiger partial charge is 0.333 e. The highest BCUT2D eigenvalue weighted by atomic mass is 19.2. The van der Waals surface area contributed by atoms with E-state index in [0.29, 0.717) is 43.9 Å². The summed E-state index contributed by atoms with van der Waals surface area (Å²) in [5.74, 6) is -5.89. The summed E-state index contributed by atoms with van der Waals surface area (Å²) >= 11 is 0. The zero-order valence-electron chi connectivity index (χ0n) is 21.2. The summed E-state index contributed by atoms with van der Waals surface area (Å²) in [4.78, 5) is 37.5. The Morgan fingerprint density at radius 1 is 1.00 bits per heavy atom. The number of aliphatic carboxylic acids is 1. The van der Waals surface area contributed by atoms with Crippen LogP contribution >= 0.6 is 0 Å². The first-order valence-electron chi connectivity index (χ1n) is 12.8. The van der Waals surface area contributed by atoms with E-state index >= 15 is 0 Å². The Labute approximate surface area is 223 Å². The van der Waals surface area contributed by atoms with Crippen molar-refractivity contribution < 1.29 is 37.4 Å². The number of carboxylic acids is 1. The Bertz CT molecular complexity index is 1280. The van der Waals surface area contributed by atoms with Crippen molar-refractivity contribution in [3.8, 4) is 5.75 Å². The number of aryl methyl sites for hydroxylation is 1. The highest BCUT2D eigenvalue weighted by Crippen LogP contribution is 2.33. The predicted octanol–water partition coefficient (Wildman–Crippen LogP) is 3.18. The number of rotatable bonds is 11. The Morgan fingerprint density at radius 3 is 2.41 bits per heavy atom. The molecule has 0 aromatic heterocycles. The predicted molar refractivity (Wildman–Crippen MR) is 136 cm³/mol. The van der Waals surface area contributed by atoms with Crippen LogP contribution in [0.15, 0.2) is 42.0 Å². The van der Waals surface area contributed by atoms with Crippen LogP contribution in [0, 0.1) is 17.5 Å². The van der Waals surface area contributed by atoms with E-state index in [4.69, 9.17) is 10.5 Å². The third-order valence-corrected chi connectivity index (χ3v) is 6.96. The molecule has 39 heavy (non-hydrogen) atoms. The molecule has 0 radical (unpaired) electrons. The number of nitrogens with zero attached hydrogens (tertiary/aromatic N) is 1. The van der Waals surface area contributed by atoms with Gasteiger partial charge in [0.05, 0.1) is 18.2 Å². The van der Waals surface area contributed by atoms with Crippen molar-refractivity contribution in [1.82, 2.24) is 10.2 Å². The van der Waals surface area contributed by atoms with Crippen LogP contribution in [-0.4, -0.2) is 59.6 Å². The number of carboxylic acid groups (broad SMARTS) is 1. The first-order valence-corrected chi connectivity index (χ1v) is 12.8. The lowest BCUT2D eigenvalue weighted by atomic mass is 9.83. The Kier molecular flexibility index (Phi) is 8.90. The van der Waals surface area contributed by atoms with Crippen molar-refractivity contribution >= 4 is 23.4 Å². The fraction of sp³-hybridized carbons (Fsp3) is 0.393. The average molecular weight is 546 g/mol. The van der Waals surface area contributed by atoms with E-state index in [1.54, 1.807) is 4.90 Å². The fourth-order valence-electron chi connectivity index (χ4n) is 5.11. The number of hydrogen-bond acceptors (Lipinski definition) is 5. The summed E-state index contributed by atoms with van der Waals surface area (Å²) in [7, 11) is 0. The van der Waals surface area contributed by atoms with Crippen molar-refractivity contribution in [1.29, 1.82) is 0 Å². The van der Waals surface area contributed by atoms with Crippen LogP contribution in [0.4, 0.5) is 13.2 Å². The summed E-state index contributed by atoms with van der Waals surface area (Å²) in [5.41, 5.74) is 7.77. The van der Waals surface area contributed by atoms with E-state index in [-0.39, 0.29) is 43.5 Å². The molecule has 8 nitrogen and oxygen atoms in total. The van der Waals surface area contributed by atoms with E-state index < -0.39 is 41.1 Å². The quantitative estimate of drug-likeness (QED) is 0.295. The largest absolute Gasteiger partial charge is 0.488 e. The molecule has 11 heteroatoms. The molecule has 2 atom stereocenters. The maximum atomic E-state index is 13.7. The second kappa shape index (κ2) is 12.3. The number of halogens is 3. The molecular weight excluding hydrogens is 515 g/mol. The van der Waals surface area contributed by atoms with Crippen molar-refractivity contribution in [2.45, 2.75) is 50.6 Å². The molecule has 2 aromatic rings. The number of nitrogens with one attached hydrogen (secondary N) is 1.